The van der Waals surface area contributed by atoms with Crippen molar-refractivity contribution in [1.82, 2.24) is 4.31 Å². The molecule has 0 amide bonds. The zero-order valence-electron chi connectivity index (χ0n) is 14.5. The number of carbonyl (C=O) groups excluding carboxylic acids is 2. The van der Waals surface area contributed by atoms with Crippen LogP contribution in [0.4, 0.5) is 0 Å². The van der Waals surface area contributed by atoms with Crippen molar-refractivity contribution in [3.8, 4) is 0 Å². The van der Waals surface area contributed by atoms with Crippen molar-refractivity contribution in [2.45, 2.75) is 56.0 Å². The van der Waals surface area contributed by atoms with E-state index in [0.29, 0.717) is 12.0 Å². The number of esters is 1. The van der Waals surface area contributed by atoms with Crippen LogP contribution in [-0.2, 0) is 19.6 Å². The molecular weight excluding hydrogens is 342 g/mol. The summed E-state index contributed by atoms with van der Waals surface area (Å²) in [5.74, 6) is -0.525. The summed E-state index contributed by atoms with van der Waals surface area (Å²) in [5, 5.41) is 0. The Hall–Kier alpha value is -1.73. The average Bonchev–Trinajstić information content (AvgIpc) is 3.01. The van der Waals surface area contributed by atoms with E-state index in [1.165, 1.54) is 30.5 Å². The molecule has 1 aromatic rings. The number of ketones is 1. The van der Waals surface area contributed by atoms with E-state index >= 15 is 0 Å². The molecule has 0 N–H and O–H groups in total. The van der Waals surface area contributed by atoms with Crippen molar-refractivity contribution >= 4 is 21.8 Å². The van der Waals surface area contributed by atoms with E-state index in [2.05, 4.69) is 0 Å². The van der Waals surface area contributed by atoms with Gasteiger partial charge in [-0.1, -0.05) is 25.0 Å². The summed E-state index contributed by atoms with van der Waals surface area (Å²) >= 11 is 0. The number of ether oxygens (including phenoxy) is 1. The van der Waals surface area contributed by atoms with Crippen LogP contribution in [0.5, 0.6) is 0 Å². The van der Waals surface area contributed by atoms with E-state index in [1.807, 2.05) is 0 Å². The fourth-order valence-electron chi connectivity index (χ4n) is 4.10. The molecule has 2 fully saturated rings. The quantitative estimate of drug-likeness (QED) is 0.604. The maximum absolute atomic E-state index is 13.3. The van der Waals surface area contributed by atoms with Gasteiger partial charge in [-0.15, -0.1) is 0 Å². The molecule has 2 aliphatic rings. The number of nitrogens with zero attached hydrogens (tertiary/aromatic N) is 1. The highest BCUT2D eigenvalue weighted by Crippen LogP contribution is 2.43. The molecule has 1 aliphatic carbocycles. The van der Waals surface area contributed by atoms with E-state index < -0.39 is 22.0 Å². The first-order valence-corrected chi connectivity index (χ1v) is 10.0. The van der Waals surface area contributed by atoms with Gasteiger partial charge in [0.1, 0.15) is 6.04 Å². The summed E-state index contributed by atoms with van der Waals surface area (Å²) in [6.07, 6.45) is 4.20. The summed E-state index contributed by atoms with van der Waals surface area (Å²) in [6.45, 7) is 1.40. The minimum Gasteiger partial charge on any atom is -0.468 e. The molecule has 0 radical (unpaired) electrons. The Kier molecular flexibility index (Phi) is 4.97. The molecule has 1 saturated heterocycles. The number of sulfonamides is 1. The Labute approximate surface area is 148 Å². The number of methoxy groups -OCH3 is 1. The monoisotopic (exact) mass is 365 g/mol. The average molecular weight is 365 g/mol. The van der Waals surface area contributed by atoms with Gasteiger partial charge in [-0.25, -0.2) is 8.42 Å². The molecule has 0 spiro atoms. The van der Waals surface area contributed by atoms with Crippen molar-refractivity contribution in [2.75, 3.05) is 7.11 Å². The van der Waals surface area contributed by atoms with E-state index in [-0.39, 0.29) is 22.6 Å². The molecule has 1 saturated carbocycles. The number of benzene rings is 1. The standard InChI is InChI=1S/C18H23NO5S/c1-12(20)13-7-5-8-15(10-13)25(22,23)19-16-9-4-3-6-14(16)11-17(19)18(21)24-2/h5,7-8,10,14,16-17H,3-4,6,9,11H2,1-2H3. The molecule has 3 atom stereocenters. The Morgan fingerprint density at radius 3 is 2.60 bits per heavy atom. The van der Waals surface area contributed by atoms with Gasteiger partial charge in [0.05, 0.1) is 12.0 Å². The highest BCUT2D eigenvalue weighted by atomic mass is 32.2. The summed E-state index contributed by atoms with van der Waals surface area (Å²) in [5.41, 5.74) is 0.343. The van der Waals surface area contributed by atoms with E-state index in [9.17, 15) is 18.0 Å². The molecular formula is C18H23NO5S. The first kappa shape index (κ1) is 18.1. The predicted molar refractivity (Wildman–Crippen MR) is 91.6 cm³/mol. The summed E-state index contributed by atoms with van der Waals surface area (Å²) in [7, 11) is -2.61. The number of fused-ring (bicyclic) bond motifs is 1. The summed E-state index contributed by atoms with van der Waals surface area (Å²) in [4.78, 5) is 23.9. The SMILES string of the molecule is COC(=O)C1CC2CCCCC2N1S(=O)(=O)c1cccc(C(C)=O)c1. The molecule has 0 bridgehead atoms. The van der Waals surface area contributed by atoms with E-state index in [1.54, 1.807) is 12.1 Å². The van der Waals surface area contributed by atoms with Crippen LogP contribution in [-0.4, -0.2) is 43.7 Å². The molecule has 6 nitrogen and oxygen atoms in total. The number of hydrogen-bond acceptors (Lipinski definition) is 5. The van der Waals surface area contributed by atoms with Gasteiger partial charge < -0.3 is 4.74 Å². The lowest BCUT2D eigenvalue weighted by Gasteiger charge is -2.32. The van der Waals surface area contributed by atoms with Crippen LogP contribution in [0.1, 0.15) is 49.4 Å². The second-order valence-electron chi connectivity index (χ2n) is 6.81. The second-order valence-corrected chi connectivity index (χ2v) is 8.65. The van der Waals surface area contributed by atoms with Gasteiger partial charge in [-0.2, -0.15) is 4.31 Å². The second kappa shape index (κ2) is 6.88. The number of Topliss-reactive ketones (excluding diaryl/α,β-unsaturated/α-hetero) is 1. The van der Waals surface area contributed by atoms with Crippen molar-refractivity contribution < 1.29 is 22.7 Å². The van der Waals surface area contributed by atoms with Crippen LogP contribution < -0.4 is 0 Å². The molecule has 1 heterocycles. The molecule has 136 valence electrons. The number of carbonyl (C=O) groups is 2. The fourth-order valence-corrected chi connectivity index (χ4v) is 6.01. The largest absolute Gasteiger partial charge is 0.468 e. The lowest BCUT2D eigenvalue weighted by molar-refractivity contribution is -0.144. The van der Waals surface area contributed by atoms with Crippen LogP contribution in [0.25, 0.3) is 0 Å². The van der Waals surface area contributed by atoms with Crippen LogP contribution >= 0.6 is 0 Å². The van der Waals surface area contributed by atoms with E-state index in [4.69, 9.17) is 4.74 Å². The zero-order valence-corrected chi connectivity index (χ0v) is 15.3. The lowest BCUT2D eigenvalue weighted by Crippen LogP contribution is -2.46. The van der Waals surface area contributed by atoms with Crippen LogP contribution in [0, 0.1) is 5.92 Å². The van der Waals surface area contributed by atoms with Crippen molar-refractivity contribution in [3.63, 3.8) is 0 Å². The Morgan fingerprint density at radius 2 is 1.92 bits per heavy atom. The predicted octanol–water partition coefficient (Wildman–Crippen LogP) is 2.38. The van der Waals surface area contributed by atoms with Gasteiger partial charge in [-0.3, -0.25) is 9.59 Å². The van der Waals surface area contributed by atoms with Gasteiger partial charge in [0, 0.05) is 11.6 Å². The fraction of sp³-hybridized carbons (Fsp3) is 0.556. The third-order valence-corrected chi connectivity index (χ3v) is 7.25. The Morgan fingerprint density at radius 1 is 1.20 bits per heavy atom. The molecule has 25 heavy (non-hydrogen) atoms. The molecule has 7 heteroatoms. The molecule has 1 aliphatic heterocycles. The van der Waals surface area contributed by atoms with Gasteiger partial charge in [0.25, 0.3) is 0 Å². The van der Waals surface area contributed by atoms with Crippen LogP contribution in [0.3, 0.4) is 0 Å². The molecule has 1 aromatic carbocycles. The Bertz CT molecular complexity index is 788. The number of rotatable bonds is 4. The normalized spacial score (nSPS) is 26.9. The van der Waals surface area contributed by atoms with Gasteiger partial charge in [0.15, 0.2) is 5.78 Å². The molecule has 3 unspecified atom stereocenters. The summed E-state index contributed by atoms with van der Waals surface area (Å²) in [6, 6.07) is 5.06. The first-order chi connectivity index (χ1) is 11.9. The topological polar surface area (TPSA) is 80.8 Å². The third kappa shape index (κ3) is 3.22. The molecule has 0 aromatic heterocycles. The maximum atomic E-state index is 13.3. The lowest BCUT2D eigenvalue weighted by atomic mass is 9.85. The van der Waals surface area contributed by atoms with Crippen LogP contribution in [0.2, 0.25) is 0 Å². The third-order valence-electron chi connectivity index (χ3n) is 5.32. The van der Waals surface area contributed by atoms with Crippen molar-refractivity contribution in [2.24, 2.45) is 5.92 Å². The number of hydrogen-bond donors (Lipinski definition) is 0. The zero-order chi connectivity index (χ0) is 18.2. The van der Waals surface area contributed by atoms with E-state index in [0.717, 1.165) is 25.7 Å². The van der Waals surface area contributed by atoms with Gasteiger partial charge in [0.2, 0.25) is 10.0 Å². The highest BCUT2D eigenvalue weighted by Gasteiger charge is 2.51. The van der Waals surface area contributed by atoms with Gasteiger partial charge >= 0.3 is 5.97 Å². The smallest absolute Gasteiger partial charge is 0.324 e. The minimum absolute atomic E-state index is 0.0559. The van der Waals surface area contributed by atoms with Gasteiger partial charge in [-0.05, 0) is 44.2 Å². The van der Waals surface area contributed by atoms with Crippen molar-refractivity contribution in [1.29, 1.82) is 0 Å². The summed E-state index contributed by atoms with van der Waals surface area (Å²) < 4.78 is 32.8. The van der Waals surface area contributed by atoms with Crippen molar-refractivity contribution in [3.05, 3.63) is 29.8 Å². The highest BCUT2D eigenvalue weighted by molar-refractivity contribution is 7.89. The Balaban J connectivity index is 2.04. The minimum atomic E-state index is -3.89. The maximum Gasteiger partial charge on any atom is 0.324 e. The molecule has 3 rings (SSSR count). The van der Waals surface area contributed by atoms with Crippen LogP contribution in [0.15, 0.2) is 29.2 Å². The first-order valence-electron chi connectivity index (χ1n) is 8.58.